The topological polar surface area (TPSA) is 69.9 Å². The monoisotopic (exact) mass is 414 g/mol. The summed E-state index contributed by atoms with van der Waals surface area (Å²) in [5, 5.41) is 4.14. The van der Waals surface area contributed by atoms with E-state index in [0.717, 1.165) is 30.8 Å². The first-order chi connectivity index (χ1) is 14.5. The highest BCUT2D eigenvalue weighted by Crippen LogP contribution is 2.27. The lowest BCUT2D eigenvalue weighted by molar-refractivity contribution is -0.132. The number of amides is 2. The van der Waals surface area contributed by atoms with E-state index in [0.29, 0.717) is 39.1 Å². The number of rotatable bonds is 4. The first kappa shape index (κ1) is 20.4. The van der Waals surface area contributed by atoms with Gasteiger partial charge in [0, 0.05) is 63.4 Å². The maximum Gasteiger partial charge on any atom is 0.292 e. The Morgan fingerprint density at radius 2 is 1.83 bits per heavy atom. The summed E-state index contributed by atoms with van der Waals surface area (Å²) in [5.74, 6) is 0.0891. The van der Waals surface area contributed by atoms with Crippen molar-refractivity contribution >= 4 is 17.5 Å². The maximum atomic E-state index is 13.1. The van der Waals surface area contributed by atoms with E-state index in [2.05, 4.69) is 10.1 Å². The number of likely N-dealkylation sites (tertiary alicyclic amines) is 1. The van der Waals surface area contributed by atoms with Gasteiger partial charge in [-0.15, -0.1) is 0 Å². The maximum absolute atomic E-state index is 13.1. The van der Waals surface area contributed by atoms with Crippen LogP contribution in [0.4, 0.5) is 10.1 Å². The van der Waals surface area contributed by atoms with Gasteiger partial charge in [-0.05, 0) is 37.1 Å². The molecule has 1 unspecified atom stereocenters. The molecule has 4 rings (SSSR count). The number of hydrogen-bond donors (Lipinski definition) is 0. The van der Waals surface area contributed by atoms with Gasteiger partial charge in [0.2, 0.25) is 11.7 Å². The molecule has 1 atom stereocenters. The number of carbonyl (C=O) groups excluding carboxylic acids is 2. The molecule has 2 aliphatic heterocycles. The number of halogens is 1. The summed E-state index contributed by atoms with van der Waals surface area (Å²) < 4.78 is 18.5. The number of piperidine rings is 1. The third kappa shape index (κ3) is 4.32. The van der Waals surface area contributed by atoms with Crippen LogP contribution in [0.3, 0.4) is 0 Å². The minimum absolute atomic E-state index is 0.106. The van der Waals surface area contributed by atoms with E-state index in [-0.39, 0.29) is 29.3 Å². The lowest BCUT2D eigenvalue weighted by Gasteiger charge is -2.35. The molecule has 0 spiro atoms. The number of piperazine rings is 1. The quantitative estimate of drug-likeness (QED) is 0.770. The summed E-state index contributed by atoms with van der Waals surface area (Å²) in [6.07, 6.45) is 2.36. The van der Waals surface area contributed by atoms with Crippen molar-refractivity contribution < 1.29 is 18.5 Å². The van der Waals surface area contributed by atoms with Gasteiger partial charge in [0.1, 0.15) is 5.82 Å². The average molecular weight is 414 g/mol. The van der Waals surface area contributed by atoms with Crippen molar-refractivity contribution in [2.24, 2.45) is 0 Å². The third-order valence-corrected chi connectivity index (χ3v) is 5.99. The first-order valence-electron chi connectivity index (χ1n) is 10.6. The molecule has 2 aliphatic rings. The van der Waals surface area contributed by atoms with Gasteiger partial charge in [-0.2, -0.15) is 0 Å². The van der Waals surface area contributed by atoms with Crippen molar-refractivity contribution in [2.75, 3.05) is 44.2 Å². The Hall–Kier alpha value is -2.90. The van der Waals surface area contributed by atoms with E-state index in [1.54, 1.807) is 23.1 Å². The fraction of sp³-hybridized carbons (Fsp3) is 0.500. The molecular formula is C22H27FN4O3. The van der Waals surface area contributed by atoms with E-state index < -0.39 is 0 Å². The van der Waals surface area contributed by atoms with Crippen LogP contribution < -0.4 is 4.90 Å². The van der Waals surface area contributed by atoms with Crippen LogP contribution in [0.1, 0.15) is 48.4 Å². The smallest absolute Gasteiger partial charge is 0.292 e. The Morgan fingerprint density at radius 3 is 2.53 bits per heavy atom. The number of benzene rings is 1. The second-order valence-corrected chi connectivity index (χ2v) is 7.90. The highest BCUT2D eigenvalue weighted by Gasteiger charge is 2.29. The fourth-order valence-electron chi connectivity index (χ4n) is 4.23. The van der Waals surface area contributed by atoms with Gasteiger partial charge in [0.15, 0.2) is 0 Å². The lowest BCUT2D eigenvalue weighted by atomic mass is 9.94. The highest BCUT2D eigenvalue weighted by atomic mass is 19.1. The molecule has 30 heavy (non-hydrogen) atoms. The Labute approximate surface area is 175 Å². The molecule has 7 nitrogen and oxygen atoms in total. The number of hydrogen-bond acceptors (Lipinski definition) is 5. The summed E-state index contributed by atoms with van der Waals surface area (Å²) in [6, 6.07) is 8.14. The van der Waals surface area contributed by atoms with Crippen LogP contribution in [0, 0.1) is 5.82 Å². The molecule has 3 heterocycles. The molecule has 2 aromatic rings. The molecule has 8 heteroatoms. The Balaban J connectivity index is 1.35. The number of carbonyl (C=O) groups is 2. The second-order valence-electron chi connectivity index (χ2n) is 7.90. The number of aromatic nitrogens is 1. The van der Waals surface area contributed by atoms with Crippen LogP contribution in [-0.2, 0) is 4.79 Å². The molecule has 0 radical (unpaired) electrons. The van der Waals surface area contributed by atoms with Gasteiger partial charge in [-0.25, -0.2) is 4.39 Å². The molecule has 2 fully saturated rings. The van der Waals surface area contributed by atoms with Crippen LogP contribution in [0.15, 0.2) is 34.9 Å². The summed E-state index contributed by atoms with van der Waals surface area (Å²) in [7, 11) is 0. The first-order valence-corrected chi connectivity index (χ1v) is 10.6. The Bertz CT molecular complexity index is 890. The second kappa shape index (κ2) is 8.85. The van der Waals surface area contributed by atoms with E-state index >= 15 is 0 Å². The average Bonchev–Trinajstić information content (AvgIpc) is 3.29. The number of anilines is 1. The lowest BCUT2D eigenvalue weighted by Crippen LogP contribution is -2.48. The van der Waals surface area contributed by atoms with Crippen LogP contribution >= 0.6 is 0 Å². The predicted molar refractivity (Wildman–Crippen MR) is 110 cm³/mol. The van der Waals surface area contributed by atoms with Gasteiger partial charge in [-0.3, -0.25) is 9.59 Å². The molecule has 0 bridgehead atoms. The fourth-order valence-corrected chi connectivity index (χ4v) is 4.23. The van der Waals surface area contributed by atoms with E-state index in [1.165, 1.54) is 12.1 Å². The summed E-state index contributed by atoms with van der Waals surface area (Å²) in [4.78, 5) is 30.6. The molecular weight excluding hydrogens is 387 g/mol. The van der Waals surface area contributed by atoms with Crippen molar-refractivity contribution in [3.05, 3.63) is 47.6 Å². The molecule has 0 N–H and O–H groups in total. The predicted octanol–water partition coefficient (Wildman–Crippen LogP) is 2.89. The zero-order valence-corrected chi connectivity index (χ0v) is 17.2. The molecule has 0 aliphatic carbocycles. The van der Waals surface area contributed by atoms with Gasteiger partial charge in [0.25, 0.3) is 5.91 Å². The van der Waals surface area contributed by atoms with E-state index in [1.807, 2.05) is 11.8 Å². The van der Waals surface area contributed by atoms with Gasteiger partial charge in [-0.1, -0.05) is 12.1 Å². The zero-order chi connectivity index (χ0) is 21.1. The SMILES string of the molecule is CCC(=O)N1CCCC(c2cc(C(=O)N3CCN(c4ccc(F)cc4)CC3)on2)C1. The summed E-state index contributed by atoms with van der Waals surface area (Å²) in [5.41, 5.74) is 1.70. The third-order valence-electron chi connectivity index (χ3n) is 5.99. The molecule has 2 saturated heterocycles. The minimum atomic E-state index is -0.256. The van der Waals surface area contributed by atoms with Crippen molar-refractivity contribution in [1.29, 1.82) is 0 Å². The molecule has 2 amide bonds. The van der Waals surface area contributed by atoms with Gasteiger partial charge < -0.3 is 19.2 Å². The summed E-state index contributed by atoms with van der Waals surface area (Å²) >= 11 is 0. The standard InChI is InChI=1S/C22H27FN4O3/c1-2-21(28)27-9-3-4-16(15-27)19-14-20(30-24-19)22(29)26-12-10-25(11-13-26)18-7-5-17(23)6-8-18/h5-8,14,16H,2-4,9-13,15H2,1H3. The van der Waals surface area contributed by atoms with E-state index in [9.17, 15) is 14.0 Å². The zero-order valence-electron chi connectivity index (χ0n) is 17.2. The normalized spacial score (nSPS) is 19.8. The van der Waals surface area contributed by atoms with Crippen LogP contribution in [0.25, 0.3) is 0 Å². The van der Waals surface area contributed by atoms with Gasteiger partial charge in [0.05, 0.1) is 5.69 Å². The van der Waals surface area contributed by atoms with Crippen LogP contribution in [0.5, 0.6) is 0 Å². The van der Waals surface area contributed by atoms with Crippen molar-refractivity contribution in [2.45, 2.75) is 32.1 Å². The molecule has 1 aromatic heterocycles. The van der Waals surface area contributed by atoms with Crippen molar-refractivity contribution in [3.63, 3.8) is 0 Å². The van der Waals surface area contributed by atoms with Crippen LogP contribution in [-0.4, -0.2) is 66.0 Å². The number of nitrogens with zero attached hydrogens (tertiary/aromatic N) is 4. The van der Waals surface area contributed by atoms with Crippen molar-refractivity contribution in [3.8, 4) is 0 Å². The summed E-state index contributed by atoms with van der Waals surface area (Å²) in [6.45, 7) is 5.76. The Kier molecular flexibility index (Phi) is 6.01. The Morgan fingerprint density at radius 1 is 1.10 bits per heavy atom. The molecule has 1 aromatic carbocycles. The minimum Gasteiger partial charge on any atom is -0.368 e. The van der Waals surface area contributed by atoms with Crippen molar-refractivity contribution in [1.82, 2.24) is 15.0 Å². The largest absolute Gasteiger partial charge is 0.368 e. The molecule has 160 valence electrons. The van der Waals surface area contributed by atoms with Crippen LogP contribution in [0.2, 0.25) is 0 Å². The van der Waals surface area contributed by atoms with E-state index in [4.69, 9.17) is 4.52 Å². The van der Waals surface area contributed by atoms with Gasteiger partial charge >= 0.3 is 0 Å². The highest BCUT2D eigenvalue weighted by molar-refractivity contribution is 5.91. The molecule has 0 saturated carbocycles.